The van der Waals surface area contributed by atoms with Gasteiger partial charge in [0.2, 0.25) is 0 Å². The zero-order valence-corrected chi connectivity index (χ0v) is 14.5. The maximum Gasteiger partial charge on any atom is 0.293 e. The zero-order chi connectivity index (χ0) is 17.1. The van der Waals surface area contributed by atoms with Gasteiger partial charge in [0.05, 0.1) is 31.8 Å². The van der Waals surface area contributed by atoms with Crippen LogP contribution in [0.15, 0.2) is 17.0 Å². The van der Waals surface area contributed by atoms with E-state index in [1.807, 2.05) is 0 Å². The molecule has 0 unspecified atom stereocenters. The molecule has 1 saturated heterocycles. The van der Waals surface area contributed by atoms with Crippen molar-refractivity contribution in [2.45, 2.75) is 19.9 Å². The van der Waals surface area contributed by atoms with Crippen LogP contribution >= 0.6 is 11.8 Å². The molecule has 7 heteroatoms. The molecular formula is C16H19NO5S. The SMILES string of the molecule is COc1cc(OC)c(/C=C2\SC(=O)N(C(C)C)C2=O)c(OC)c1. The number of amides is 2. The van der Waals surface area contributed by atoms with Gasteiger partial charge in [-0.15, -0.1) is 0 Å². The van der Waals surface area contributed by atoms with E-state index in [1.54, 1.807) is 39.2 Å². The number of carbonyl (C=O) groups is 2. The molecule has 6 nitrogen and oxygen atoms in total. The summed E-state index contributed by atoms with van der Waals surface area (Å²) >= 11 is 0.909. The van der Waals surface area contributed by atoms with E-state index < -0.39 is 0 Å². The first-order chi connectivity index (χ1) is 10.9. The second-order valence-electron chi connectivity index (χ2n) is 5.09. The van der Waals surface area contributed by atoms with Crippen LogP contribution in [0, 0.1) is 0 Å². The monoisotopic (exact) mass is 337 g/mol. The lowest BCUT2D eigenvalue weighted by Crippen LogP contribution is -2.34. The molecule has 0 aromatic heterocycles. The number of hydrogen-bond donors (Lipinski definition) is 0. The molecule has 0 radical (unpaired) electrons. The lowest BCUT2D eigenvalue weighted by molar-refractivity contribution is -0.123. The van der Waals surface area contributed by atoms with Crippen LogP contribution in [0.25, 0.3) is 6.08 Å². The maximum atomic E-state index is 12.4. The quantitative estimate of drug-likeness (QED) is 0.769. The fraction of sp³-hybridized carbons (Fsp3) is 0.375. The number of methoxy groups -OCH3 is 3. The van der Waals surface area contributed by atoms with Crippen molar-refractivity contribution in [3.63, 3.8) is 0 Å². The van der Waals surface area contributed by atoms with Crippen molar-refractivity contribution >= 4 is 29.0 Å². The number of ether oxygens (including phenoxy) is 3. The number of carbonyl (C=O) groups excluding carboxylic acids is 2. The second kappa shape index (κ2) is 6.95. The van der Waals surface area contributed by atoms with Gasteiger partial charge < -0.3 is 14.2 Å². The summed E-state index contributed by atoms with van der Waals surface area (Å²) in [4.78, 5) is 25.9. The highest BCUT2D eigenvalue weighted by atomic mass is 32.2. The Hall–Kier alpha value is -2.15. The first-order valence-corrected chi connectivity index (χ1v) is 7.81. The maximum absolute atomic E-state index is 12.4. The van der Waals surface area contributed by atoms with Crippen molar-refractivity contribution in [1.29, 1.82) is 0 Å². The standard InChI is InChI=1S/C16H19NO5S/c1-9(2)17-15(18)14(23-16(17)19)8-11-12(21-4)6-10(20-3)7-13(11)22-5/h6-9H,1-5H3/b14-8-. The van der Waals surface area contributed by atoms with E-state index in [0.29, 0.717) is 27.7 Å². The lowest BCUT2D eigenvalue weighted by atomic mass is 10.1. The minimum absolute atomic E-state index is 0.187. The predicted octanol–water partition coefficient (Wildman–Crippen LogP) is 3.16. The van der Waals surface area contributed by atoms with Gasteiger partial charge in [-0.2, -0.15) is 0 Å². The van der Waals surface area contributed by atoms with Crippen molar-refractivity contribution in [3.05, 3.63) is 22.6 Å². The summed E-state index contributed by atoms with van der Waals surface area (Å²) in [6.45, 7) is 3.60. The molecule has 1 aliphatic heterocycles. The summed E-state index contributed by atoms with van der Waals surface area (Å²) in [6.07, 6.45) is 1.62. The average molecular weight is 337 g/mol. The van der Waals surface area contributed by atoms with Crippen LogP contribution in [0.5, 0.6) is 17.2 Å². The summed E-state index contributed by atoms with van der Waals surface area (Å²) in [5.74, 6) is 1.26. The van der Waals surface area contributed by atoms with Gasteiger partial charge >= 0.3 is 0 Å². The summed E-state index contributed by atoms with van der Waals surface area (Å²) in [5, 5.41) is -0.275. The van der Waals surface area contributed by atoms with Crippen LogP contribution in [0.3, 0.4) is 0 Å². The molecule has 1 aromatic rings. The summed E-state index contributed by atoms with van der Waals surface area (Å²) < 4.78 is 15.9. The number of benzene rings is 1. The molecule has 1 aliphatic rings. The third kappa shape index (κ3) is 3.29. The molecule has 1 heterocycles. The topological polar surface area (TPSA) is 65.1 Å². The Morgan fingerprint density at radius 3 is 2.00 bits per heavy atom. The summed E-state index contributed by atoms with van der Waals surface area (Å²) in [6, 6.07) is 3.20. The Labute approximate surface area is 139 Å². The molecule has 0 N–H and O–H groups in total. The fourth-order valence-corrected chi connectivity index (χ4v) is 3.17. The van der Waals surface area contributed by atoms with Gasteiger partial charge in [-0.3, -0.25) is 14.5 Å². The van der Waals surface area contributed by atoms with E-state index in [1.165, 1.54) is 19.1 Å². The van der Waals surface area contributed by atoms with Gasteiger partial charge in [-0.05, 0) is 31.7 Å². The van der Waals surface area contributed by atoms with Crippen LogP contribution in [0.4, 0.5) is 4.79 Å². The third-order valence-corrected chi connectivity index (χ3v) is 4.25. The highest BCUT2D eigenvalue weighted by Crippen LogP contribution is 2.40. The summed E-state index contributed by atoms with van der Waals surface area (Å²) in [5.41, 5.74) is 0.588. The highest BCUT2D eigenvalue weighted by molar-refractivity contribution is 8.18. The molecule has 0 spiro atoms. The molecule has 0 bridgehead atoms. The van der Waals surface area contributed by atoms with Gasteiger partial charge in [-0.1, -0.05) is 0 Å². The Kier molecular flexibility index (Phi) is 5.20. The third-order valence-electron chi connectivity index (χ3n) is 3.37. The second-order valence-corrected chi connectivity index (χ2v) is 6.08. The first-order valence-electron chi connectivity index (χ1n) is 7.00. The average Bonchev–Trinajstić information content (AvgIpc) is 2.81. The normalized spacial score (nSPS) is 16.4. The minimum Gasteiger partial charge on any atom is -0.496 e. The zero-order valence-electron chi connectivity index (χ0n) is 13.7. The summed E-state index contributed by atoms with van der Waals surface area (Å²) in [7, 11) is 4.58. The smallest absolute Gasteiger partial charge is 0.293 e. The molecule has 23 heavy (non-hydrogen) atoms. The minimum atomic E-state index is -0.310. The van der Waals surface area contributed by atoms with Gasteiger partial charge in [0.1, 0.15) is 17.2 Å². The Morgan fingerprint density at radius 2 is 1.61 bits per heavy atom. The van der Waals surface area contributed by atoms with E-state index in [4.69, 9.17) is 14.2 Å². The number of rotatable bonds is 5. The molecule has 1 fully saturated rings. The van der Waals surface area contributed by atoms with Gasteiger partial charge in [0.15, 0.2) is 0 Å². The van der Waals surface area contributed by atoms with E-state index in [-0.39, 0.29) is 17.2 Å². The predicted molar refractivity (Wildman–Crippen MR) is 89.0 cm³/mol. The highest BCUT2D eigenvalue weighted by Gasteiger charge is 2.37. The lowest BCUT2D eigenvalue weighted by Gasteiger charge is -2.16. The Balaban J connectivity index is 2.51. The van der Waals surface area contributed by atoms with E-state index in [9.17, 15) is 9.59 Å². The molecule has 2 rings (SSSR count). The first kappa shape index (κ1) is 17.2. The van der Waals surface area contributed by atoms with Crippen molar-refractivity contribution in [2.24, 2.45) is 0 Å². The van der Waals surface area contributed by atoms with E-state index in [2.05, 4.69) is 0 Å². The largest absolute Gasteiger partial charge is 0.496 e. The fourth-order valence-electron chi connectivity index (χ4n) is 2.23. The van der Waals surface area contributed by atoms with Crippen molar-refractivity contribution in [3.8, 4) is 17.2 Å². The van der Waals surface area contributed by atoms with Crippen molar-refractivity contribution < 1.29 is 23.8 Å². The van der Waals surface area contributed by atoms with Crippen LogP contribution in [0.1, 0.15) is 19.4 Å². The number of hydrogen-bond acceptors (Lipinski definition) is 6. The Morgan fingerprint density at radius 1 is 1.04 bits per heavy atom. The van der Waals surface area contributed by atoms with Crippen LogP contribution in [-0.4, -0.2) is 43.4 Å². The van der Waals surface area contributed by atoms with Crippen LogP contribution in [-0.2, 0) is 4.79 Å². The van der Waals surface area contributed by atoms with Crippen molar-refractivity contribution in [2.75, 3.05) is 21.3 Å². The Bertz CT molecular complexity index is 643. The number of imide groups is 1. The number of thioether (sulfide) groups is 1. The van der Waals surface area contributed by atoms with Gasteiger partial charge in [0, 0.05) is 18.2 Å². The molecule has 2 amide bonds. The molecule has 124 valence electrons. The molecule has 0 saturated carbocycles. The molecule has 1 aromatic carbocycles. The molecular weight excluding hydrogens is 318 g/mol. The van der Waals surface area contributed by atoms with E-state index >= 15 is 0 Å². The van der Waals surface area contributed by atoms with Crippen LogP contribution < -0.4 is 14.2 Å². The van der Waals surface area contributed by atoms with Crippen molar-refractivity contribution in [1.82, 2.24) is 4.90 Å². The molecule has 0 atom stereocenters. The van der Waals surface area contributed by atoms with E-state index in [0.717, 1.165) is 11.8 Å². The number of nitrogens with zero attached hydrogens (tertiary/aromatic N) is 1. The van der Waals surface area contributed by atoms with Crippen LogP contribution in [0.2, 0.25) is 0 Å². The van der Waals surface area contributed by atoms with Gasteiger partial charge in [-0.25, -0.2) is 0 Å². The molecule has 0 aliphatic carbocycles. The van der Waals surface area contributed by atoms with Gasteiger partial charge in [0.25, 0.3) is 11.1 Å².